The zero-order valence-corrected chi connectivity index (χ0v) is 24.2. The van der Waals surface area contributed by atoms with Crippen LogP contribution in [0.15, 0.2) is 152 Å². The average molecular weight is 558 g/mol. The Kier molecular flexibility index (Phi) is 7.80. The summed E-state index contributed by atoms with van der Waals surface area (Å²) in [6.45, 7) is 4.23. The molecule has 6 aromatic rings. The van der Waals surface area contributed by atoms with Crippen molar-refractivity contribution >= 4 is 28.6 Å². The number of ketones is 2. The van der Waals surface area contributed by atoms with Crippen LogP contribution in [0.2, 0.25) is 0 Å². The molecular weight excluding hydrogens is 526 g/mol. The predicted molar refractivity (Wildman–Crippen MR) is 176 cm³/mol. The first-order chi connectivity index (χ1) is 21.0. The average Bonchev–Trinajstić information content (AvgIpc) is 3.07. The molecule has 0 aromatic heterocycles. The molecule has 0 bridgehead atoms. The molecule has 0 amide bonds. The standard InChI is InChI=1S/C40H31NO2/c1-28-29(2)38(41(35-19-11-5-12-20-35)36-21-13-6-14-22-36)24-23-37(28)32-25-33(39(42)30-15-7-3-8-16-30)27-34(26-32)40(43)31-17-9-4-10-18-31/h3-27H,1-2H3. The maximum atomic E-state index is 13.6. The van der Waals surface area contributed by atoms with Crippen LogP contribution in [0.4, 0.5) is 17.1 Å². The van der Waals surface area contributed by atoms with Gasteiger partial charge in [-0.15, -0.1) is 0 Å². The van der Waals surface area contributed by atoms with Crippen LogP contribution in [0.3, 0.4) is 0 Å². The van der Waals surface area contributed by atoms with Crippen molar-refractivity contribution in [1.82, 2.24) is 0 Å². The largest absolute Gasteiger partial charge is 0.310 e. The number of hydrogen-bond acceptors (Lipinski definition) is 3. The molecule has 0 fully saturated rings. The minimum atomic E-state index is -0.116. The van der Waals surface area contributed by atoms with Crippen LogP contribution in [0.25, 0.3) is 11.1 Å². The molecule has 0 N–H and O–H groups in total. The number of rotatable bonds is 8. The minimum absolute atomic E-state index is 0.116. The molecule has 3 nitrogen and oxygen atoms in total. The van der Waals surface area contributed by atoms with Gasteiger partial charge in [-0.05, 0) is 84.6 Å². The highest BCUT2D eigenvalue weighted by Gasteiger charge is 2.20. The number of anilines is 3. The van der Waals surface area contributed by atoms with Crippen molar-refractivity contribution in [1.29, 1.82) is 0 Å². The summed E-state index contributed by atoms with van der Waals surface area (Å²) in [5, 5.41) is 0. The van der Waals surface area contributed by atoms with Crippen LogP contribution >= 0.6 is 0 Å². The van der Waals surface area contributed by atoms with Crippen LogP contribution in [0, 0.1) is 13.8 Å². The first kappa shape index (κ1) is 27.6. The highest BCUT2D eigenvalue weighted by Crippen LogP contribution is 2.40. The Balaban J connectivity index is 1.49. The van der Waals surface area contributed by atoms with Crippen LogP contribution in [0.1, 0.15) is 43.0 Å². The van der Waals surface area contributed by atoms with Gasteiger partial charge in [0.15, 0.2) is 11.6 Å². The lowest BCUT2D eigenvalue weighted by molar-refractivity contribution is 0.103. The fraction of sp³-hybridized carbons (Fsp3) is 0.0500. The van der Waals surface area contributed by atoms with Gasteiger partial charge in [0.2, 0.25) is 0 Å². The number of benzene rings is 6. The molecule has 0 radical (unpaired) electrons. The van der Waals surface area contributed by atoms with Gasteiger partial charge in [-0.1, -0.05) is 103 Å². The Labute approximate surface area is 252 Å². The molecule has 3 heteroatoms. The van der Waals surface area contributed by atoms with Crippen molar-refractivity contribution in [3.8, 4) is 11.1 Å². The van der Waals surface area contributed by atoms with Gasteiger partial charge in [-0.2, -0.15) is 0 Å². The zero-order chi connectivity index (χ0) is 29.8. The molecule has 208 valence electrons. The molecule has 6 aromatic carbocycles. The third-order valence-electron chi connectivity index (χ3n) is 7.87. The number of carbonyl (C=O) groups is 2. The smallest absolute Gasteiger partial charge is 0.193 e. The van der Waals surface area contributed by atoms with Crippen LogP contribution < -0.4 is 4.90 Å². The Morgan fingerprint density at radius 2 is 0.860 bits per heavy atom. The van der Waals surface area contributed by atoms with Crippen molar-refractivity contribution in [3.05, 3.63) is 185 Å². The van der Waals surface area contributed by atoms with Crippen LogP contribution in [-0.2, 0) is 0 Å². The van der Waals surface area contributed by atoms with Gasteiger partial charge in [0.05, 0.1) is 0 Å². The molecule has 0 heterocycles. The van der Waals surface area contributed by atoms with Crippen molar-refractivity contribution in [2.75, 3.05) is 4.90 Å². The Morgan fingerprint density at radius 1 is 0.442 bits per heavy atom. The van der Waals surface area contributed by atoms with E-state index in [0.717, 1.165) is 39.3 Å². The monoisotopic (exact) mass is 557 g/mol. The van der Waals surface area contributed by atoms with Crippen molar-refractivity contribution in [3.63, 3.8) is 0 Å². The van der Waals surface area contributed by atoms with E-state index in [1.54, 1.807) is 30.3 Å². The summed E-state index contributed by atoms with van der Waals surface area (Å²) < 4.78 is 0. The Morgan fingerprint density at radius 3 is 1.30 bits per heavy atom. The van der Waals surface area contributed by atoms with Gasteiger partial charge in [0, 0.05) is 39.3 Å². The van der Waals surface area contributed by atoms with Crippen LogP contribution in [-0.4, -0.2) is 11.6 Å². The van der Waals surface area contributed by atoms with Gasteiger partial charge in [-0.3, -0.25) is 9.59 Å². The van der Waals surface area contributed by atoms with E-state index in [1.165, 1.54) is 0 Å². The second-order valence-electron chi connectivity index (χ2n) is 10.6. The van der Waals surface area contributed by atoms with E-state index in [0.29, 0.717) is 22.3 Å². The van der Waals surface area contributed by atoms with E-state index in [9.17, 15) is 9.59 Å². The third-order valence-corrected chi connectivity index (χ3v) is 7.87. The molecule has 0 unspecified atom stereocenters. The SMILES string of the molecule is Cc1c(-c2cc(C(=O)c3ccccc3)cc(C(=O)c3ccccc3)c2)ccc(N(c2ccccc2)c2ccccc2)c1C. The molecule has 0 atom stereocenters. The van der Waals surface area contributed by atoms with Crippen LogP contribution in [0.5, 0.6) is 0 Å². The summed E-state index contributed by atoms with van der Waals surface area (Å²) >= 11 is 0. The van der Waals surface area contributed by atoms with Gasteiger partial charge >= 0.3 is 0 Å². The fourth-order valence-electron chi connectivity index (χ4n) is 5.50. The highest BCUT2D eigenvalue weighted by molar-refractivity contribution is 6.14. The first-order valence-electron chi connectivity index (χ1n) is 14.4. The highest BCUT2D eigenvalue weighted by atomic mass is 16.1. The van der Waals surface area contributed by atoms with Crippen molar-refractivity contribution < 1.29 is 9.59 Å². The zero-order valence-electron chi connectivity index (χ0n) is 24.2. The molecule has 0 aliphatic rings. The quantitative estimate of drug-likeness (QED) is 0.175. The molecule has 0 aliphatic carbocycles. The van der Waals surface area contributed by atoms with Crippen molar-refractivity contribution in [2.24, 2.45) is 0 Å². The molecule has 6 rings (SSSR count). The molecule has 0 saturated heterocycles. The van der Waals surface area contributed by atoms with Gasteiger partial charge in [0.1, 0.15) is 0 Å². The van der Waals surface area contributed by atoms with E-state index in [2.05, 4.69) is 55.1 Å². The summed E-state index contributed by atoms with van der Waals surface area (Å²) in [4.78, 5) is 29.5. The second kappa shape index (κ2) is 12.1. The topological polar surface area (TPSA) is 37.4 Å². The molecule has 0 saturated carbocycles. The van der Waals surface area contributed by atoms with Gasteiger partial charge in [-0.25, -0.2) is 0 Å². The molecule has 0 spiro atoms. The summed E-state index contributed by atoms with van der Waals surface area (Å²) in [6, 6.07) is 48.8. The first-order valence-corrected chi connectivity index (χ1v) is 14.4. The lowest BCUT2D eigenvalue weighted by Gasteiger charge is -2.28. The summed E-state index contributed by atoms with van der Waals surface area (Å²) in [5.41, 5.74) is 9.34. The summed E-state index contributed by atoms with van der Waals surface area (Å²) in [5.74, 6) is -0.232. The maximum absolute atomic E-state index is 13.6. The number of carbonyl (C=O) groups excluding carboxylic acids is 2. The fourth-order valence-corrected chi connectivity index (χ4v) is 5.50. The van der Waals surface area contributed by atoms with E-state index in [4.69, 9.17) is 0 Å². The van der Waals surface area contributed by atoms with Crippen molar-refractivity contribution in [2.45, 2.75) is 13.8 Å². The van der Waals surface area contributed by atoms with E-state index in [-0.39, 0.29) is 11.6 Å². The van der Waals surface area contributed by atoms with E-state index in [1.807, 2.05) is 84.9 Å². The Hall–Kier alpha value is -5.54. The predicted octanol–water partition coefficient (Wildman–Crippen LogP) is 9.90. The van der Waals surface area contributed by atoms with E-state index < -0.39 is 0 Å². The third kappa shape index (κ3) is 5.66. The maximum Gasteiger partial charge on any atom is 0.193 e. The lowest BCUT2D eigenvalue weighted by atomic mass is 9.89. The number of nitrogens with zero attached hydrogens (tertiary/aromatic N) is 1. The second-order valence-corrected chi connectivity index (χ2v) is 10.6. The number of para-hydroxylation sites is 2. The van der Waals surface area contributed by atoms with Gasteiger partial charge < -0.3 is 4.90 Å². The van der Waals surface area contributed by atoms with Gasteiger partial charge in [0.25, 0.3) is 0 Å². The normalized spacial score (nSPS) is 10.7. The number of hydrogen-bond donors (Lipinski definition) is 0. The minimum Gasteiger partial charge on any atom is -0.310 e. The molecule has 43 heavy (non-hydrogen) atoms. The lowest BCUT2D eigenvalue weighted by Crippen LogP contribution is -2.12. The van der Waals surface area contributed by atoms with E-state index >= 15 is 0 Å². The molecular formula is C40H31NO2. The summed E-state index contributed by atoms with van der Waals surface area (Å²) in [6.07, 6.45) is 0. The Bertz CT molecular complexity index is 1790. The molecule has 0 aliphatic heterocycles. The summed E-state index contributed by atoms with van der Waals surface area (Å²) in [7, 11) is 0.